The van der Waals surface area contributed by atoms with Gasteiger partial charge in [-0.25, -0.2) is 0 Å². The van der Waals surface area contributed by atoms with E-state index in [0.717, 1.165) is 0 Å². The molecule has 0 rings (SSSR count). The standard InChI is InChI=1S/C8H11NO/c1-4-6(3)8(10)7(9)5-2/h1,7H,3,5,9H2,2H3. The molecule has 0 aromatic carbocycles. The fourth-order valence-corrected chi connectivity index (χ4v) is 0.480. The summed E-state index contributed by atoms with van der Waals surface area (Å²) < 4.78 is 0. The lowest BCUT2D eigenvalue weighted by atomic mass is 10.1. The van der Waals surface area contributed by atoms with Crippen LogP contribution in [0.1, 0.15) is 13.3 Å². The van der Waals surface area contributed by atoms with Crippen LogP contribution in [0.15, 0.2) is 12.2 Å². The molecule has 0 aliphatic rings. The summed E-state index contributed by atoms with van der Waals surface area (Å²) in [7, 11) is 0. The lowest BCUT2D eigenvalue weighted by Crippen LogP contribution is -2.30. The van der Waals surface area contributed by atoms with E-state index in [1.54, 1.807) is 0 Å². The van der Waals surface area contributed by atoms with Gasteiger partial charge in [0.05, 0.1) is 11.6 Å². The van der Waals surface area contributed by atoms with Crippen molar-refractivity contribution in [3.8, 4) is 12.3 Å². The van der Waals surface area contributed by atoms with Crippen LogP contribution in [0.2, 0.25) is 0 Å². The number of carbonyl (C=O) groups is 1. The largest absolute Gasteiger partial charge is 0.321 e. The highest BCUT2D eigenvalue weighted by Gasteiger charge is 2.12. The molecule has 0 fully saturated rings. The van der Waals surface area contributed by atoms with Gasteiger partial charge < -0.3 is 5.73 Å². The maximum absolute atomic E-state index is 10.9. The molecule has 2 N–H and O–H groups in total. The Hall–Kier alpha value is -1.07. The molecule has 0 saturated heterocycles. The summed E-state index contributed by atoms with van der Waals surface area (Å²) >= 11 is 0. The number of hydrogen-bond acceptors (Lipinski definition) is 2. The van der Waals surface area contributed by atoms with Crippen LogP contribution >= 0.6 is 0 Å². The maximum atomic E-state index is 10.9. The monoisotopic (exact) mass is 137 g/mol. The number of hydrogen-bond donors (Lipinski definition) is 1. The first-order valence-electron chi connectivity index (χ1n) is 3.08. The fraction of sp³-hybridized carbons (Fsp3) is 0.375. The average molecular weight is 137 g/mol. The summed E-state index contributed by atoms with van der Waals surface area (Å²) in [5.41, 5.74) is 5.55. The van der Waals surface area contributed by atoms with Gasteiger partial charge >= 0.3 is 0 Å². The van der Waals surface area contributed by atoms with Crippen LogP contribution in [-0.2, 0) is 4.79 Å². The van der Waals surface area contributed by atoms with Crippen LogP contribution in [-0.4, -0.2) is 11.8 Å². The lowest BCUT2D eigenvalue weighted by molar-refractivity contribution is -0.116. The van der Waals surface area contributed by atoms with Gasteiger partial charge in [-0.2, -0.15) is 0 Å². The molecule has 0 aromatic heterocycles. The molecule has 0 amide bonds. The Labute approximate surface area is 61.1 Å². The number of terminal acetylenes is 1. The Balaban J connectivity index is 4.12. The van der Waals surface area contributed by atoms with Crippen molar-refractivity contribution < 1.29 is 4.79 Å². The molecule has 0 aliphatic carbocycles. The zero-order valence-electron chi connectivity index (χ0n) is 6.05. The minimum atomic E-state index is -0.483. The molecule has 0 aromatic rings. The number of nitrogens with two attached hydrogens (primary N) is 1. The highest BCUT2D eigenvalue weighted by atomic mass is 16.1. The molecule has 0 bridgehead atoms. The SMILES string of the molecule is C#CC(=C)C(=O)C(N)CC. The smallest absolute Gasteiger partial charge is 0.187 e. The van der Waals surface area contributed by atoms with Gasteiger partial charge in [0.25, 0.3) is 0 Å². The number of carbonyl (C=O) groups excluding carboxylic acids is 1. The van der Waals surface area contributed by atoms with Gasteiger partial charge in [-0.3, -0.25) is 4.79 Å². The Bertz CT molecular complexity index is 188. The lowest BCUT2D eigenvalue weighted by Gasteiger charge is -2.04. The van der Waals surface area contributed by atoms with Gasteiger partial charge in [0.15, 0.2) is 5.78 Å². The summed E-state index contributed by atoms with van der Waals surface area (Å²) in [6.45, 7) is 5.20. The third-order valence-electron chi connectivity index (χ3n) is 1.25. The number of Topliss-reactive ketones (excluding diaryl/α,β-unsaturated/α-hetero) is 1. The van der Waals surface area contributed by atoms with E-state index in [-0.39, 0.29) is 11.4 Å². The third kappa shape index (κ3) is 2.04. The summed E-state index contributed by atoms with van der Waals surface area (Å²) in [6, 6.07) is -0.483. The third-order valence-corrected chi connectivity index (χ3v) is 1.25. The van der Waals surface area contributed by atoms with E-state index in [2.05, 4.69) is 12.5 Å². The second kappa shape index (κ2) is 3.86. The first kappa shape index (κ1) is 8.93. The molecule has 54 valence electrons. The summed E-state index contributed by atoms with van der Waals surface area (Å²) in [5, 5.41) is 0. The first-order chi connectivity index (χ1) is 4.63. The predicted molar refractivity (Wildman–Crippen MR) is 41.2 cm³/mol. The van der Waals surface area contributed by atoms with Crippen molar-refractivity contribution in [2.24, 2.45) is 5.73 Å². The van der Waals surface area contributed by atoms with E-state index in [9.17, 15) is 4.79 Å². The van der Waals surface area contributed by atoms with Gasteiger partial charge in [-0.05, 0) is 6.42 Å². The van der Waals surface area contributed by atoms with Gasteiger partial charge in [0.2, 0.25) is 0 Å². The topological polar surface area (TPSA) is 43.1 Å². The van der Waals surface area contributed by atoms with Crippen molar-refractivity contribution in [3.05, 3.63) is 12.2 Å². The van der Waals surface area contributed by atoms with E-state index in [1.165, 1.54) is 0 Å². The van der Waals surface area contributed by atoms with Crippen LogP contribution in [0, 0.1) is 12.3 Å². The molecule has 2 nitrogen and oxygen atoms in total. The van der Waals surface area contributed by atoms with Crippen LogP contribution in [0.4, 0.5) is 0 Å². The zero-order valence-corrected chi connectivity index (χ0v) is 6.05. The van der Waals surface area contributed by atoms with Crippen molar-refractivity contribution in [1.29, 1.82) is 0 Å². The van der Waals surface area contributed by atoms with E-state index in [4.69, 9.17) is 12.2 Å². The van der Waals surface area contributed by atoms with Crippen molar-refractivity contribution >= 4 is 5.78 Å². The minimum Gasteiger partial charge on any atom is -0.321 e. The Morgan fingerprint density at radius 3 is 2.70 bits per heavy atom. The van der Waals surface area contributed by atoms with Crippen LogP contribution in [0.25, 0.3) is 0 Å². The van der Waals surface area contributed by atoms with Gasteiger partial charge in [-0.1, -0.05) is 19.4 Å². The molecule has 0 spiro atoms. The molecule has 2 heteroatoms. The fourth-order valence-electron chi connectivity index (χ4n) is 0.480. The van der Waals surface area contributed by atoms with Crippen molar-refractivity contribution in [1.82, 2.24) is 0 Å². The normalized spacial score (nSPS) is 11.7. The van der Waals surface area contributed by atoms with Gasteiger partial charge in [0, 0.05) is 0 Å². The highest BCUT2D eigenvalue weighted by molar-refractivity contribution is 6.02. The van der Waals surface area contributed by atoms with Crippen molar-refractivity contribution in [2.45, 2.75) is 19.4 Å². The Kier molecular flexibility index (Phi) is 3.45. The Morgan fingerprint density at radius 1 is 1.90 bits per heavy atom. The summed E-state index contributed by atoms with van der Waals surface area (Å²) in [6.07, 6.45) is 5.54. The van der Waals surface area contributed by atoms with Gasteiger partial charge in [0.1, 0.15) is 0 Å². The van der Waals surface area contributed by atoms with Crippen molar-refractivity contribution in [2.75, 3.05) is 0 Å². The molecule has 1 unspecified atom stereocenters. The number of rotatable bonds is 3. The highest BCUT2D eigenvalue weighted by Crippen LogP contribution is 1.96. The van der Waals surface area contributed by atoms with Crippen LogP contribution in [0.3, 0.4) is 0 Å². The molecular formula is C8H11NO. The number of ketones is 1. The van der Waals surface area contributed by atoms with E-state index in [1.807, 2.05) is 6.92 Å². The van der Waals surface area contributed by atoms with Crippen molar-refractivity contribution in [3.63, 3.8) is 0 Å². The minimum absolute atomic E-state index is 0.161. The first-order valence-corrected chi connectivity index (χ1v) is 3.08. The molecule has 0 radical (unpaired) electrons. The van der Waals surface area contributed by atoms with E-state index in [0.29, 0.717) is 6.42 Å². The molecule has 1 atom stereocenters. The maximum Gasteiger partial charge on any atom is 0.187 e. The van der Waals surface area contributed by atoms with E-state index >= 15 is 0 Å². The van der Waals surface area contributed by atoms with Crippen LogP contribution in [0.5, 0.6) is 0 Å². The predicted octanol–water partition coefficient (Wildman–Crippen LogP) is 0.482. The quantitative estimate of drug-likeness (QED) is 0.454. The summed E-state index contributed by atoms with van der Waals surface area (Å²) in [4.78, 5) is 10.9. The van der Waals surface area contributed by atoms with E-state index < -0.39 is 6.04 Å². The second-order valence-electron chi connectivity index (χ2n) is 2.00. The average Bonchev–Trinajstić information content (AvgIpc) is 2.00. The molecule has 0 saturated carbocycles. The van der Waals surface area contributed by atoms with Gasteiger partial charge in [-0.15, -0.1) is 6.42 Å². The molecule has 0 aliphatic heterocycles. The zero-order chi connectivity index (χ0) is 8.15. The van der Waals surface area contributed by atoms with Crippen LogP contribution < -0.4 is 5.73 Å². The Morgan fingerprint density at radius 2 is 2.40 bits per heavy atom. The second-order valence-corrected chi connectivity index (χ2v) is 2.00. The molecular weight excluding hydrogens is 126 g/mol. The molecule has 10 heavy (non-hydrogen) atoms. The summed E-state index contributed by atoms with van der Waals surface area (Å²) in [5.74, 6) is 1.92. The molecule has 0 heterocycles.